The van der Waals surface area contributed by atoms with E-state index in [2.05, 4.69) is 36.1 Å². The van der Waals surface area contributed by atoms with E-state index in [1.165, 1.54) is 6.20 Å². The highest BCUT2D eigenvalue weighted by atomic mass is 19.4. The average molecular weight is 1280 g/mol. The quantitative estimate of drug-likeness (QED) is 0.0601. The Morgan fingerprint density at radius 2 is 1.30 bits per heavy atom. The van der Waals surface area contributed by atoms with E-state index >= 15 is 22.0 Å². The molecule has 5 heterocycles. The maximum absolute atomic E-state index is 17.2. The van der Waals surface area contributed by atoms with Gasteiger partial charge in [-0.3, -0.25) is 38.5 Å². The fourth-order valence-corrected chi connectivity index (χ4v) is 12.7. The number of carbonyl (C=O) groups excluding carboxylic acids is 5. The van der Waals surface area contributed by atoms with Crippen LogP contribution in [0.4, 0.5) is 63.2 Å². The summed E-state index contributed by atoms with van der Waals surface area (Å²) in [6.07, 6.45) is -5.55. The number of anilines is 1. The monoisotopic (exact) mass is 1280 g/mol. The van der Waals surface area contributed by atoms with E-state index < -0.39 is 155 Å². The smallest absolute Gasteiger partial charge is 0.366 e. The number of carbonyl (C=O) groups is 5. The fraction of sp³-hybridized carbons (Fsp3) is 0.297. The molecule has 1 saturated carbocycles. The van der Waals surface area contributed by atoms with Crippen molar-refractivity contribution in [3.05, 3.63) is 194 Å². The van der Waals surface area contributed by atoms with Crippen molar-refractivity contribution in [1.82, 2.24) is 45.1 Å². The van der Waals surface area contributed by atoms with Gasteiger partial charge in [-0.25, -0.2) is 35.5 Å². The summed E-state index contributed by atoms with van der Waals surface area (Å²) in [4.78, 5) is 77.4. The minimum atomic E-state index is -5.10. The van der Waals surface area contributed by atoms with Gasteiger partial charge in [0.25, 0.3) is 18.3 Å². The Morgan fingerprint density at radius 1 is 0.674 bits per heavy atom. The number of nitrogens with zero attached hydrogens (tertiary/aromatic N) is 7. The summed E-state index contributed by atoms with van der Waals surface area (Å²) in [5, 5.41) is 15.5. The van der Waals surface area contributed by atoms with Crippen molar-refractivity contribution in [2.45, 2.75) is 101 Å². The number of primary amides is 1. The molecule has 12 rings (SSSR count). The molecule has 92 heavy (non-hydrogen) atoms. The molecule has 5 amide bonds. The molecule has 0 spiro atoms. The summed E-state index contributed by atoms with van der Waals surface area (Å²) < 4.78 is 183. The molecule has 4 aliphatic rings. The maximum Gasteiger partial charge on any atom is 0.435 e. The number of hydrogen-bond acceptors (Lipinski definition) is 9. The van der Waals surface area contributed by atoms with Crippen LogP contribution in [0.2, 0.25) is 0 Å². The number of ketones is 1. The molecule has 16 nitrogen and oxygen atoms in total. The van der Waals surface area contributed by atoms with E-state index in [0.29, 0.717) is 45.3 Å². The Balaban J connectivity index is 0.910. The third kappa shape index (κ3) is 12.3. The van der Waals surface area contributed by atoms with Gasteiger partial charge in [-0.15, -0.1) is 0 Å². The summed E-state index contributed by atoms with van der Waals surface area (Å²) in [7, 11) is 0. The third-order valence-electron chi connectivity index (χ3n) is 16.8. The van der Waals surface area contributed by atoms with Gasteiger partial charge in [0, 0.05) is 71.8 Å². The molecule has 476 valence electrons. The molecular formula is C64H51F12N11O5. The van der Waals surface area contributed by atoms with Gasteiger partial charge in [-0.2, -0.15) is 32.1 Å². The van der Waals surface area contributed by atoms with Gasteiger partial charge in [-0.1, -0.05) is 24.3 Å². The van der Waals surface area contributed by atoms with Crippen LogP contribution < -0.4 is 21.7 Å². The van der Waals surface area contributed by atoms with Crippen molar-refractivity contribution in [3.8, 4) is 33.4 Å². The molecular weight excluding hydrogens is 1230 g/mol. The Bertz CT molecular complexity index is 4260. The fourth-order valence-electron chi connectivity index (χ4n) is 12.7. The third-order valence-corrected chi connectivity index (χ3v) is 16.8. The van der Waals surface area contributed by atoms with Gasteiger partial charge in [0.05, 0.1) is 45.9 Å². The zero-order valence-corrected chi connectivity index (χ0v) is 48.0. The number of nitrogens with one attached hydrogen (secondary N) is 3. The number of alkyl halides is 7. The number of rotatable bonds is 18. The molecule has 2 fully saturated rings. The molecule has 4 aromatic carbocycles. The van der Waals surface area contributed by atoms with E-state index in [-0.39, 0.29) is 82.2 Å². The molecule has 4 aromatic heterocycles. The lowest BCUT2D eigenvalue weighted by molar-refractivity contribution is -0.142. The Hall–Kier alpha value is -9.89. The minimum Gasteiger partial charge on any atom is -0.366 e. The lowest BCUT2D eigenvalue weighted by Crippen LogP contribution is -2.35. The van der Waals surface area contributed by atoms with Crippen molar-refractivity contribution in [1.29, 1.82) is 0 Å². The summed E-state index contributed by atoms with van der Waals surface area (Å²) in [6.45, 7) is -0.767. The van der Waals surface area contributed by atoms with Crippen molar-refractivity contribution in [2.24, 2.45) is 11.7 Å². The first-order chi connectivity index (χ1) is 43.8. The van der Waals surface area contributed by atoms with Crippen LogP contribution in [0.1, 0.15) is 128 Å². The van der Waals surface area contributed by atoms with Crippen LogP contribution in [-0.2, 0) is 54.0 Å². The number of aromatic nitrogens is 6. The van der Waals surface area contributed by atoms with E-state index in [4.69, 9.17) is 5.73 Å². The second-order valence-electron chi connectivity index (χ2n) is 23.0. The number of nitrogens with two attached hydrogens (primary N) is 1. The number of urea groups is 1. The highest BCUT2D eigenvalue weighted by Crippen LogP contribution is 2.68. The lowest BCUT2D eigenvalue weighted by atomic mass is 9.91. The van der Waals surface area contributed by atoms with Crippen molar-refractivity contribution >= 4 is 35.2 Å². The van der Waals surface area contributed by atoms with E-state index in [1.54, 1.807) is 41.3 Å². The van der Waals surface area contributed by atoms with Gasteiger partial charge < -0.3 is 26.6 Å². The Kier molecular flexibility index (Phi) is 16.5. The molecule has 0 radical (unpaired) electrons. The zero-order valence-electron chi connectivity index (χ0n) is 48.0. The molecule has 3 aliphatic carbocycles. The van der Waals surface area contributed by atoms with Crippen LogP contribution in [0, 0.1) is 35.0 Å². The summed E-state index contributed by atoms with van der Waals surface area (Å²) >= 11 is 0. The van der Waals surface area contributed by atoms with Crippen LogP contribution in [-0.4, -0.2) is 77.1 Å². The van der Waals surface area contributed by atoms with Crippen molar-refractivity contribution in [2.75, 3.05) is 18.4 Å². The normalized spacial score (nSPS) is 17.1. The second kappa shape index (κ2) is 24.4. The van der Waals surface area contributed by atoms with E-state index in [1.807, 2.05) is 0 Å². The number of benzene rings is 4. The zero-order chi connectivity index (χ0) is 65.2. The van der Waals surface area contributed by atoms with Crippen molar-refractivity contribution in [3.63, 3.8) is 0 Å². The lowest BCUT2D eigenvalue weighted by Gasteiger charge is -2.24. The highest BCUT2D eigenvalue weighted by molar-refractivity contribution is 5.99. The molecule has 5 N–H and O–H groups in total. The van der Waals surface area contributed by atoms with Crippen LogP contribution in [0.15, 0.2) is 103 Å². The number of amides is 5. The number of fused-ring (bicyclic) bond motifs is 4. The highest BCUT2D eigenvalue weighted by Gasteiger charge is 2.67. The molecule has 2 unspecified atom stereocenters. The van der Waals surface area contributed by atoms with Crippen LogP contribution in [0.3, 0.4) is 0 Å². The largest absolute Gasteiger partial charge is 0.435 e. The topological polar surface area (TPSA) is 212 Å². The Morgan fingerprint density at radius 3 is 1.95 bits per heavy atom. The maximum atomic E-state index is 17.2. The number of pyridine rings is 2. The first-order valence-corrected chi connectivity index (χ1v) is 29.0. The molecule has 0 bridgehead atoms. The van der Waals surface area contributed by atoms with E-state index in [0.717, 1.165) is 67.6 Å². The summed E-state index contributed by atoms with van der Waals surface area (Å²) in [6, 6.07) is 14.6. The number of likely N-dealkylation sites (tertiary alicyclic amines) is 1. The number of Topliss-reactive ketones (excluding diaryl/α,β-unsaturated/α-hetero) is 1. The van der Waals surface area contributed by atoms with Crippen molar-refractivity contribution < 1.29 is 76.7 Å². The number of halogens is 12. The van der Waals surface area contributed by atoms with Gasteiger partial charge in [0.2, 0.25) is 11.8 Å². The first kappa shape index (κ1) is 62.3. The molecule has 4 atom stereocenters. The van der Waals surface area contributed by atoms with Gasteiger partial charge in [0.1, 0.15) is 53.6 Å². The molecule has 28 heteroatoms. The second-order valence-corrected chi connectivity index (χ2v) is 23.0. The SMILES string of the molecule is NC(=O)c1cc(-c2cc(-c3c(F)cc(C[C@H](NC(=O)Cn4nc(C(F)F)c5c4C(F)(F)C4CC54)c4ncccc4-c4ccc(NC(=O)N5CCCC5)cc4)cc3F)cnc2[C@H](Cc2cc(F)cc(F)c2)NC(=O)Cn2nc(C(F)(F)F)c3c2CCCC3=O)ccc1F. The predicted octanol–water partition coefficient (Wildman–Crippen LogP) is 12.2. The van der Waals surface area contributed by atoms with Gasteiger partial charge in [0.15, 0.2) is 11.5 Å². The predicted molar refractivity (Wildman–Crippen MR) is 305 cm³/mol. The average Bonchev–Trinajstić information content (AvgIpc) is 1.52. The standard InChI is InChI=1S/C64H51F12N11O5/c65-35-17-30(18-36(66)25-35)21-47(82-50(89)28-86-48-6-3-7-49(88)54(48)58(84-86)64(74,75)76)56-39(33-10-13-43(67)41(23-33)61(77)91)24-34(27-79-56)52-44(68)19-31(20-45(52)69)22-46(81-51(90)29-87-59-53(57(83-87)60(70)71)40-26-42(40)63(59,72)73)55-38(5-4-14-78-55)32-8-11-37(12-9-32)80-62(92)85-15-1-2-16-85/h4-5,8-14,17-20,23-25,27,40,42,46-47,60H,1-3,6-7,15-16,21-22,26,28-29H2,(H2,77,91)(H,80,92)(H,81,90)(H,82,89)/t40?,42?,46-,47-/m0/s1. The Labute approximate surface area is 514 Å². The van der Waals surface area contributed by atoms with Crippen LogP contribution in [0.25, 0.3) is 33.4 Å². The summed E-state index contributed by atoms with van der Waals surface area (Å²) in [5.74, 6) is -15.7. The van der Waals surface area contributed by atoms with Crippen LogP contribution in [0.5, 0.6) is 0 Å². The minimum absolute atomic E-state index is 0.0423. The van der Waals surface area contributed by atoms with Crippen LogP contribution >= 0.6 is 0 Å². The summed E-state index contributed by atoms with van der Waals surface area (Å²) in [5.41, 5.74) is -0.220. The van der Waals surface area contributed by atoms with E-state index in [9.17, 15) is 54.7 Å². The van der Waals surface area contributed by atoms with Gasteiger partial charge in [-0.05, 0) is 134 Å². The first-order valence-electron chi connectivity index (χ1n) is 29.0. The number of hydrogen-bond donors (Lipinski definition) is 4. The van der Waals surface area contributed by atoms with Gasteiger partial charge >= 0.3 is 12.2 Å². The molecule has 8 aromatic rings. The molecule has 1 saturated heterocycles. The molecule has 1 aliphatic heterocycles.